The van der Waals surface area contributed by atoms with Gasteiger partial charge in [0.1, 0.15) is 5.75 Å². The van der Waals surface area contributed by atoms with E-state index in [2.05, 4.69) is 20.8 Å². The molecule has 0 saturated carbocycles. The van der Waals surface area contributed by atoms with Crippen LogP contribution in [0.25, 0.3) is 0 Å². The molecule has 0 bridgehead atoms. The molecule has 0 radical (unpaired) electrons. The average molecular weight is 410 g/mol. The predicted molar refractivity (Wildman–Crippen MR) is 114 cm³/mol. The van der Waals surface area contributed by atoms with Crippen LogP contribution in [-0.2, 0) is 25.7 Å². The lowest BCUT2D eigenvalue weighted by Crippen LogP contribution is -2.37. The van der Waals surface area contributed by atoms with Gasteiger partial charge >= 0.3 is 0 Å². The number of nitrogens with zero attached hydrogens (tertiary/aromatic N) is 1. The third kappa shape index (κ3) is 7.96. The molecule has 6 nitrogen and oxygen atoms in total. The number of rotatable bonds is 13. The highest BCUT2D eigenvalue weighted by Gasteiger charge is 2.31. The van der Waals surface area contributed by atoms with Gasteiger partial charge in [-0.15, -0.1) is 0 Å². The van der Waals surface area contributed by atoms with E-state index in [4.69, 9.17) is 19.0 Å². The van der Waals surface area contributed by atoms with Crippen LogP contribution in [0.15, 0.2) is 24.3 Å². The number of methoxy groups -OCH3 is 2. The molecular formula is C23H39NO5. The maximum absolute atomic E-state index is 12.4. The molecule has 0 heterocycles. The predicted octanol–water partition coefficient (Wildman–Crippen LogP) is 4.18. The van der Waals surface area contributed by atoms with Crippen molar-refractivity contribution in [3.8, 4) is 5.75 Å². The van der Waals surface area contributed by atoms with Gasteiger partial charge in [0.15, 0.2) is 0 Å². The molecule has 1 aromatic carbocycles. The number of hydroxylamine groups is 2. The lowest BCUT2D eigenvalue weighted by Gasteiger charge is -2.33. The Bertz CT molecular complexity index is 591. The zero-order valence-corrected chi connectivity index (χ0v) is 19.3. The summed E-state index contributed by atoms with van der Waals surface area (Å²) in [5, 5.41) is 1.31. The summed E-state index contributed by atoms with van der Waals surface area (Å²) in [5.41, 5.74) is 1.10. The smallest absolute Gasteiger partial charge is 0.248 e. The number of ether oxygens (including phenoxy) is 3. The second-order valence-electron chi connectivity index (χ2n) is 7.97. The molecule has 1 amide bonds. The third-order valence-corrected chi connectivity index (χ3v) is 6.12. The van der Waals surface area contributed by atoms with Crippen molar-refractivity contribution in [3.63, 3.8) is 0 Å². The molecule has 29 heavy (non-hydrogen) atoms. The van der Waals surface area contributed by atoms with Crippen molar-refractivity contribution in [2.75, 3.05) is 35.0 Å². The SMILES string of the molecule is COC[C@@H](C[C@@H](C)[C@H](C)[C@H](C)[C@@H](C)C(=O)N(C)OC)OCc1ccc(OC)cc1. The van der Waals surface area contributed by atoms with Gasteiger partial charge in [-0.3, -0.25) is 9.63 Å². The van der Waals surface area contributed by atoms with E-state index in [1.807, 2.05) is 31.2 Å². The molecule has 1 rings (SSSR count). The van der Waals surface area contributed by atoms with Crippen molar-refractivity contribution >= 4 is 5.91 Å². The van der Waals surface area contributed by atoms with Crippen molar-refractivity contribution in [2.45, 2.75) is 46.8 Å². The van der Waals surface area contributed by atoms with E-state index in [9.17, 15) is 4.79 Å². The van der Waals surface area contributed by atoms with Gasteiger partial charge in [-0.2, -0.15) is 0 Å². The maximum atomic E-state index is 12.4. The summed E-state index contributed by atoms with van der Waals surface area (Å²) in [7, 11) is 6.52. The van der Waals surface area contributed by atoms with E-state index in [1.165, 1.54) is 12.2 Å². The van der Waals surface area contributed by atoms with Crippen LogP contribution in [0.1, 0.15) is 39.7 Å². The van der Waals surface area contributed by atoms with Gasteiger partial charge in [0, 0.05) is 20.1 Å². The minimum Gasteiger partial charge on any atom is -0.497 e. The molecule has 0 fully saturated rings. The minimum atomic E-state index is -0.113. The number of hydrogen-bond donors (Lipinski definition) is 0. The first kappa shape index (κ1) is 25.4. The zero-order valence-electron chi connectivity index (χ0n) is 19.3. The summed E-state index contributed by atoms with van der Waals surface area (Å²) in [6.45, 7) is 9.61. The molecule has 0 aliphatic carbocycles. The number of carbonyl (C=O) groups excluding carboxylic acids is 1. The first-order chi connectivity index (χ1) is 13.7. The third-order valence-electron chi connectivity index (χ3n) is 6.12. The molecular weight excluding hydrogens is 370 g/mol. The summed E-state index contributed by atoms with van der Waals surface area (Å²) in [6, 6.07) is 7.89. The molecule has 0 unspecified atom stereocenters. The average Bonchev–Trinajstić information content (AvgIpc) is 2.75. The number of hydrogen-bond acceptors (Lipinski definition) is 5. The Kier molecular flexibility index (Phi) is 11.2. The van der Waals surface area contributed by atoms with Crippen LogP contribution in [0.3, 0.4) is 0 Å². The first-order valence-electron chi connectivity index (χ1n) is 10.3. The van der Waals surface area contributed by atoms with Crippen LogP contribution in [0.5, 0.6) is 5.75 Å². The highest BCUT2D eigenvalue weighted by atomic mass is 16.7. The Morgan fingerprint density at radius 3 is 2.14 bits per heavy atom. The van der Waals surface area contributed by atoms with Gasteiger partial charge in [-0.05, 0) is 41.9 Å². The highest BCUT2D eigenvalue weighted by Crippen LogP contribution is 2.31. The van der Waals surface area contributed by atoms with Crippen LogP contribution in [-0.4, -0.2) is 52.1 Å². The van der Waals surface area contributed by atoms with E-state index >= 15 is 0 Å². The molecule has 0 aliphatic heterocycles. The van der Waals surface area contributed by atoms with Crippen molar-refractivity contribution in [2.24, 2.45) is 23.7 Å². The first-order valence-corrected chi connectivity index (χ1v) is 10.3. The molecule has 0 saturated heterocycles. The lowest BCUT2D eigenvalue weighted by molar-refractivity contribution is -0.175. The quantitative estimate of drug-likeness (QED) is 0.458. The van der Waals surface area contributed by atoms with Crippen LogP contribution in [0.4, 0.5) is 0 Å². The number of benzene rings is 1. The molecule has 0 aromatic heterocycles. The Labute approximate surface area is 176 Å². The van der Waals surface area contributed by atoms with E-state index in [-0.39, 0.29) is 23.8 Å². The molecule has 5 atom stereocenters. The minimum absolute atomic E-state index is 0.000548. The van der Waals surface area contributed by atoms with Gasteiger partial charge in [0.25, 0.3) is 0 Å². The lowest BCUT2D eigenvalue weighted by atomic mass is 9.76. The summed E-state index contributed by atoms with van der Waals surface area (Å²) < 4.78 is 16.7. The Morgan fingerprint density at radius 1 is 1.00 bits per heavy atom. The van der Waals surface area contributed by atoms with Gasteiger partial charge in [0.05, 0.1) is 33.5 Å². The van der Waals surface area contributed by atoms with Gasteiger partial charge in [0.2, 0.25) is 5.91 Å². The Hall–Kier alpha value is -1.63. The topological polar surface area (TPSA) is 57.2 Å². The van der Waals surface area contributed by atoms with E-state index in [1.54, 1.807) is 21.3 Å². The Balaban J connectivity index is 2.64. The van der Waals surface area contributed by atoms with Crippen molar-refractivity contribution in [3.05, 3.63) is 29.8 Å². The second-order valence-corrected chi connectivity index (χ2v) is 7.97. The summed E-state index contributed by atoms with van der Waals surface area (Å²) >= 11 is 0. The van der Waals surface area contributed by atoms with Crippen molar-refractivity contribution in [1.29, 1.82) is 0 Å². The normalized spacial score (nSPS) is 16.6. The standard InChI is InChI=1S/C23H39NO5/c1-16(17(2)18(3)19(4)23(25)24(5)28-8)13-22(15-26-6)29-14-20-9-11-21(27-7)12-10-20/h9-12,16-19,22H,13-15H2,1-8H3/t16-,17+,18+,19-,22-/m1/s1. The molecule has 166 valence electrons. The van der Waals surface area contributed by atoms with E-state index in [0.717, 1.165) is 17.7 Å². The second kappa shape index (κ2) is 12.8. The summed E-state index contributed by atoms with van der Waals surface area (Å²) in [6.07, 6.45) is 0.871. The fourth-order valence-electron chi connectivity index (χ4n) is 3.51. The summed E-state index contributed by atoms with van der Waals surface area (Å²) in [5.74, 6) is 1.68. The molecule has 6 heteroatoms. The number of amides is 1. The zero-order chi connectivity index (χ0) is 22.0. The monoisotopic (exact) mass is 409 g/mol. The van der Waals surface area contributed by atoms with Gasteiger partial charge in [-0.1, -0.05) is 39.8 Å². The van der Waals surface area contributed by atoms with Crippen LogP contribution in [0, 0.1) is 23.7 Å². The fourth-order valence-corrected chi connectivity index (χ4v) is 3.51. The highest BCUT2D eigenvalue weighted by molar-refractivity contribution is 5.77. The van der Waals surface area contributed by atoms with E-state index < -0.39 is 0 Å². The van der Waals surface area contributed by atoms with E-state index in [0.29, 0.717) is 25.0 Å². The largest absolute Gasteiger partial charge is 0.497 e. The van der Waals surface area contributed by atoms with Crippen LogP contribution < -0.4 is 4.74 Å². The summed E-state index contributed by atoms with van der Waals surface area (Å²) in [4.78, 5) is 17.5. The number of carbonyl (C=O) groups is 1. The maximum Gasteiger partial charge on any atom is 0.248 e. The molecule has 0 aliphatic rings. The van der Waals surface area contributed by atoms with Crippen molar-refractivity contribution in [1.82, 2.24) is 5.06 Å². The van der Waals surface area contributed by atoms with Gasteiger partial charge in [-0.25, -0.2) is 5.06 Å². The van der Waals surface area contributed by atoms with Crippen LogP contribution in [0.2, 0.25) is 0 Å². The molecule has 1 aromatic rings. The molecule has 0 spiro atoms. The fraction of sp³-hybridized carbons (Fsp3) is 0.696. The van der Waals surface area contributed by atoms with Gasteiger partial charge < -0.3 is 14.2 Å². The molecule has 0 N–H and O–H groups in total. The Morgan fingerprint density at radius 2 is 1.62 bits per heavy atom. The van der Waals surface area contributed by atoms with Crippen molar-refractivity contribution < 1.29 is 23.8 Å². The van der Waals surface area contributed by atoms with Crippen LogP contribution >= 0.6 is 0 Å².